The number of halogens is 3. The molecule has 0 bridgehead atoms. The van der Waals surface area contributed by atoms with Gasteiger partial charge >= 0.3 is 12.2 Å². The Balaban J connectivity index is 1.48. The summed E-state index contributed by atoms with van der Waals surface area (Å²) in [5.41, 5.74) is 0.781. The van der Waals surface area contributed by atoms with Crippen molar-refractivity contribution >= 4 is 29.0 Å². The molecule has 3 aromatic carbocycles. The van der Waals surface area contributed by atoms with Crippen molar-refractivity contribution in [2.45, 2.75) is 13.1 Å². The Labute approximate surface area is 197 Å². The van der Waals surface area contributed by atoms with E-state index in [1.807, 2.05) is 6.07 Å². The van der Waals surface area contributed by atoms with Crippen LogP contribution in [0, 0.1) is 6.92 Å². The van der Waals surface area contributed by atoms with E-state index < -0.39 is 23.7 Å². The second kappa shape index (κ2) is 9.67. The molecule has 11 heteroatoms. The Hall–Kier alpha value is -4.67. The molecule has 0 aliphatic rings. The maximum absolute atomic E-state index is 13.3. The third-order valence-electron chi connectivity index (χ3n) is 4.96. The number of carbonyl (C=O) groups excluding carboxylic acids is 2. The first-order chi connectivity index (χ1) is 16.7. The lowest BCUT2D eigenvalue weighted by atomic mass is 10.1. The van der Waals surface area contributed by atoms with Crippen LogP contribution in [0.3, 0.4) is 0 Å². The monoisotopic (exact) mass is 480 g/mol. The van der Waals surface area contributed by atoms with Crippen molar-refractivity contribution in [2.75, 3.05) is 16.0 Å². The molecule has 1 aromatic heterocycles. The minimum atomic E-state index is -4.59. The molecule has 0 atom stereocenters. The fraction of sp³-hybridized carbons (Fsp3) is 0.0833. The number of hydrogen-bond acceptors (Lipinski definition) is 4. The van der Waals surface area contributed by atoms with Gasteiger partial charge in [-0.05, 0) is 48.9 Å². The second-order valence-electron chi connectivity index (χ2n) is 7.49. The summed E-state index contributed by atoms with van der Waals surface area (Å²) in [6, 6.07) is 18.2. The second-order valence-corrected chi connectivity index (χ2v) is 7.49. The van der Waals surface area contributed by atoms with Gasteiger partial charge in [-0.2, -0.15) is 13.2 Å². The molecule has 1 heterocycles. The normalized spacial score (nSPS) is 11.1. The van der Waals surface area contributed by atoms with Crippen molar-refractivity contribution in [1.82, 2.24) is 15.0 Å². The zero-order valence-electron chi connectivity index (χ0n) is 18.3. The Bertz CT molecular complexity index is 1370. The van der Waals surface area contributed by atoms with Crippen molar-refractivity contribution < 1.29 is 22.8 Å². The van der Waals surface area contributed by atoms with Crippen molar-refractivity contribution in [2.24, 2.45) is 0 Å². The summed E-state index contributed by atoms with van der Waals surface area (Å²) in [7, 11) is 0. The average molecular weight is 480 g/mol. The number of nitrogens with zero attached hydrogens (tertiary/aromatic N) is 3. The first kappa shape index (κ1) is 23.5. The van der Waals surface area contributed by atoms with Crippen LogP contribution < -0.4 is 16.0 Å². The van der Waals surface area contributed by atoms with Crippen LogP contribution in [0.5, 0.6) is 0 Å². The van der Waals surface area contributed by atoms with Gasteiger partial charge in [0.2, 0.25) is 0 Å². The Morgan fingerprint density at radius 2 is 1.54 bits per heavy atom. The third-order valence-corrected chi connectivity index (χ3v) is 4.96. The number of aromatic nitrogens is 3. The summed E-state index contributed by atoms with van der Waals surface area (Å²) in [6.45, 7) is 1.75. The summed E-state index contributed by atoms with van der Waals surface area (Å²) < 4.78 is 40.8. The SMILES string of the molecule is Cc1ccc(NC(=O)Nc2ccccc2)cc1NC(=O)c1cn(-c2ccccc2C(F)(F)F)nn1. The summed E-state index contributed by atoms with van der Waals surface area (Å²) in [5.74, 6) is -0.672. The third kappa shape index (κ3) is 5.64. The molecule has 8 nitrogen and oxygen atoms in total. The fourth-order valence-electron chi connectivity index (χ4n) is 3.23. The van der Waals surface area contributed by atoms with Crippen LogP contribution in [0.2, 0.25) is 0 Å². The summed E-state index contributed by atoms with van der Waals surface area (Å²) in [4.78, 5) is 25.0. The van der Waals surface area contributed by atoms with Gasteiger partial charge in [0.05, 0.1) is 17.4 Å². The van der Waals surface area contributed by atoms with Gasteiger partial charge in [-0.1, -0.05) is 41.6 Å². The predicted molar refractivity (Wildman–Crippen MR) is 125 cm³/mol. The van der Waals surface area contributed by atoms with E-state index in [2.05, 4.69) is 26.3 Å². The minimum absolute atomic E-state index is 0.179. The quantitative estimate of drug-likeness (QED) is 0.352. The molecule has 0 fully saturated rings. The Morgan fingerprint density at radius 1 is 0.857 bits per heavy atom. The van der Waals surface area contributed by atoms with Gasteiger partial charge in [0.25, 0.3) is 5.91 Å². The highest BCUT2D eigenvalue weighted by atomic mass is 19.4. The van der Waals surface area contributed by atoms with Gasteiger partial charge in [-0.3, -0.25) is 4.79 Å². The summed E-state index contributed by atoms with van der Waals surface area (Å²) in [6.07, 6.45) is -3.48. The number of alkyl halides is 3. The van der Waals surface area contributed by atoms with Crippen LogP contribution in [0.4, 0.5) is 35.0 Å². The highest BCUT2D eigenvalue weighted by Crippen LogP contribution is 2.33. The van der Waals surface area contributed by atoms with E-state index in [-0.39, 0.29) is 11.4 Å². The molecule has 3 N–H and O–H groups in total. The van der Waals surface area contributed by atoms with Crippen LogP contribution in [-0.4, -0.2) is 26.9 Å². The molecule has 0 saturated heterocycles. The lowest BCUT2D eigenvalue weighted by Crippen LogP contribution is -2.19. The van der Waals surface area contributed by atoms with Gasteiger partial charge in [0.15, 0.2) is 5.69 Å². The molecule has 3 amide bonds. The van der Waals surface area contributed by atoms with Gasteiger partial charge in [-0.15, -0.1) is 5.10 Å². The first-order valence-electron chi connectivity index (χ1n) is 10.3. The van der Waals surface area contributed by atoms with E-state index in [1.165, 1.54) is 18.2 Å². The van der Waals surface area contributed by atoms with E-state index >= 15 is 0 Å². The van der Waals surface area contributed by atoms with Crippen molar-refractivity contribution in [3.63, 3.8) is 0 Å². The Morgan fingerprint density at radius 3 is 2.29 bits per heavy atom. The van der Waals surface area contributed by atoms with Gasteiger partial charge in [-0.25, -0.2) is 9.48 Å². The van der Waals surface area contributed by atoms with Crippen LogP contribution in [0.15, 0.2) is 79.0 Å². The minimum Gasteiger partial charge on any atom is -0.320 e. The summed E-state index contributed by atoms with van der Waals surface area (Å²) >= 11 is 0. The molecule has 0 radical (unpaired) electrons. The molecule has 178 valence electrons. The number of aryl methyl sites for hydroxylation is 1. The topological polar surface area (TPSA) is 101 Å². The standard InChI is InChI=1S/C24H19F3N6O2/c1-15-11-12-17(29-23(35)28-16-7-3-2-4-8-16)13-19(15)30-22(34)20-14-33(32-31-20)21-10-6-5-9-18(21)24(25,26)27/h2-14H,1H3,(H,30,34)(H2,28,29,35). The first-order valence-corrected chi connectivity index (χ1v) is 10.3. The molecule has 0 saturated carbocycles. The number of hydrogen-bond donors (Lipinski definition) is 3. The maximum atomic E-state index is 13.3. The molecule has 0 unspecified atom stereocenters. The van der Waals surface area contributed by atoms with E-state index in [0.29, 0.717) is 22.6 Å². The zero-order chi connectivity index (χ0) is 25.0. The largest absolute Gasteiger partial charge is 0.418 e. The highest BCUT2D eigenvalue weighted by molar-refractivity contribution is 6.04. The van der Waals surface area contributed by atoms with Crippen LogP contribution >= 0.6 is 0 Å². The molecular weight excluding hydrogens is 461 g/mol. The number of anilines is 3. The number of amides is 3. The van der Waals surface area contributed by atoms with Crippen LogP contribution in [0.25, 0.3) is 5.69 Å². The number of rotatable bonds is 5. The number of carbonyl (C=O) groups is 2. The van der Waals surface area contributed by atoms with Crippen molar-refractivity contribution in [1.29, 1.82) is 0 Å². The lowest BCUT2D eigenvalue weighted by molar-refractivity contribution is -0.137. The van der Waals surface area contributed by atoms with Gasteiger partial charge < -0.3 is 16.0 Å². The molecule has 35 heavy (non-hydrogen) atoms. The number of urea groups is 1. The van der Waals surface area contributed by atoms with Crippen molar-refractivity contribution in [3.8, 4) is 5.69 Å². The zero-order valence-corrected chi connectivity index (χ0v) is 18.3. The van der Waals surface area contributed by atoms with Crippen molar-refractivity contribution in [3.05, 3.63) is 95.8 Å². The predicted octanol–water partition coefficient (Wildman–Crippen LogP) is 5.49. The van der Waals surface area contributed by atoms with E-state index in [9.17, 15) is 22.8 Å². The molecule has 4 aromatic rings. The number of nitrogens with one attached hydrogen (secondary N) is 3. The highest BCUT2D eigenvalue weighted by Gasteiger charge is 2.34. The summed E-state index contributed by atoms with van der Waals surface area (Å²) in [5, 5.41) is 15.4. The number of para-hydroxylation sites is 2. The lowest BCUT2D eigenvalue weighted by Gasteiger charge is -2.12. The van der Waals surface area contributed by atoms with Gasteiger partial charge in [0, 0.05) is 17.1 Å². The smallest absolute Gasteiger partial charge is 0.320 e. The molecule has 0 aliphatic carbocycles. The maximum Gasteiger partial charge on any atom is 0.418 e. The van der Waals surface area contributed by atoms with Crippen LogP contribution in [0.1, 0.15) is 21.6 Å². The molecule has 4 rings (SSSR count). The Kier molecular flexibility index (Phi) is 6.49. The van der Waals surface area contributed by atoms with E-state index in [1.54, 1.807) is 49.4 Å². The number of benzene rings is 3. The average Bonchev–Trinajstić information content (AvgIpc) is 3.32. The van der Waals surface area contributed by atoms with Crippen LogP contribution in [-0.2, 0) is 6.18 Å². The molecular formula is C24H19F3N6O2. The fourth-order valence-corrected chi connectivity index (χ4v) is 3.23. The van der Waals surface area contributed by atoms with E-state index in [4.69, 9.17) is 0 Å². The van der Waals surface area contributed by atoms with Gasteiger partial charge in [0.1, 0.15) is 0 Å². The molecule has 0 aliphatic heterocycles. The molecule has 0 spiro atoms. The van der Waals surface area contributed by atoms with E-state index in [0.717, 1.165) is 16.9 Å².